The number of carbonyl (C=O) groups excluding carboxylic acids is 1. The standard InChI is InChI=1S/C35H37N3O4S.ClH/c1-2-42-31-17-19-32(20-18-31)43(40,41)38-26-30-16-10-9-15-29(30)25-33(38)35(39)37-23-21-36(22-24-37)34(27-11-5-3-6-12-27)28-13-7-4-8-14-28;/h3-20,33-34H,2,21-26H2,1H3;1H. The number of halogens is 1. The fourth-order valence-electron chi connectivity index (χ4n) is 6.27. The lowest BCUT2D eigenvalue weighted by atomic mass is 9.94. The van der Waals surface area contributed by atoms with Crippen molar-refractivity contribution >= 4 is 28.3 Å². The minimum absolute atomic E-state index is 0. The van der Waals surface area contributed by atoms with Gasteiger partial charge in [-0.1, -0.05) is 84.9 Å². The first kappa shape index (κ1) is 31.7. The van der Waals surface area contributed by atoms with E-state index in [9.17, 15) is 13.2 Å². The molecule has 1 atom stereocenters. The van der Waals surface area contributed by atoms with Crippen LogP contribution >= 0.6 is 12.4 Å². The average Bonchev–Trinajstić information content (AvgIpc) is 3.06. The van der Waals surface area contributed by atoms with Crippen LogP contribution in [0.2, 0.25) is 0 Å². The predicted octanol–water partition coefficient (Wildman–Crippen LogP) is 5.56. The highest BCUT2D eigenvalue weighted by atomic mass is 35.5. The maximum Gasteiger partial charge on any atom is 0.244 e. The van der Waals surface area contributed by atoms with E-state index in [0.717, 1.165) is 11.1 Å². The zero-order valence-corrected chi connectivity index (χ0v) is 26.4. The van der Waals surface area contributed by atoms with Gasteiger partial charge in [-0.15, -0.1) is 12.4 Å². The van der Waals surface area contributed by atoms with Gasteiger partial charge in [-0.25, -0.2) is 8.42 Å². The third-order valence-corrected chi connectivity index (χ3v) is 10.3. The SMILES string of the molecule is CCOc1ccc(S(=O)(=O)N2Cc3ccccc3CC2C(=O)N2CCN(C(c3ccccc3)c3ccccc3)CC2)cc1.Cl. The lowest BCUT2D eigenvalue weighted by Gasteiger charge is -2.42. The third-order valence-electron chi connectivity index (χ3n) is 8.45. The van der Waals surface area contributed by atoms with Crippen molar-refractivity contribution in [3.8, 4) is 5.75 Å². The van der Waals surface area contributed by atoms with Crippen LogP contribution in [0.4, 0.5) is 0 Å². The summed E-state index contributed by atoms with van der Waals surface area (Å²) in [6.45, 7) is 4.98. The summed E-state index contributed by atoms with van der Waals surface area (Å²) in [5, 5.41) is 0. The number of ether oxygens (including phenoxy) is 1. The maximum absolute atomic E-state index is 14.2. The topological polar surface area (TPSA) is 70.2 Å². The van der Waals surface area contributed by atoms with Gasteiger partial charge in [-0.05, 0) is 59.9 Å². The first-order chi connectivity index (χ1) is 21.0. The van der Waals surface area contributed by atoms with Crippen LogP contribution in [0.3, 0.4) is 0 Å². The minimum Gasteiger partial charge on any atom is -0.494 e. The largest absolute Gasteiger partial charge is 0.494 e. The van der Waals surface area contributed by atoms with E-state index in [4.69, 9.17) is 4.74 Å². The Balaban J connectivity index is 0.00000384. The molecule has 4 aromatic carbocycles. The maximum atomic E-state index is 14.2. The highest BCUT2D eigenvalue weighted by Crippen LogP contribution is 2.33. The van der Waals surface area contributed by atoms with Crippen molar-refractivity contribution < 1.29 is 17.9 Å². The first-order valence-corrected chi connectivity index (χ1v) is 16.3. The number of carbonyl (C=O) groups is 1. The van der Waals surface area contributed by atoms with Crippen LogP contribution in [0.1, 0.15) is 35.2 Å². The van der Waals surface area contributed by atoms with Crippen LogP contribution in [0.5, 0.6) is 5.75 Å². The number of nitrogens with zero attached hydrogens (tertiary/aromatic N) is 3. The second kappa shape index (κ2) is 13.9. The Morgan fingerprint density at radius 1 is 0.773 bits per heavy atom. The number of piperazine rings is 1. The van der Waals surface area contributed by atoms with Crippen LogP contribution < -0.4 is 4.74 Å². The predicted molar refractivity (Wildman–Crippen MR) is 174 cm³/mol. The van der Waals surface area contributed by atoms with Crippen molar-refractivity contribution in [1.29, 1.82) is 0 Å². The van der Waals surface area contributed by atoms with Gasteiger partial charge in [-0.2, -0.15) is 4.31 Å². The fourth-order valence-corrected chi connectivity index (χ4v) is 7.83. The molecule has 2 aliphatic rings. The van der Waals surface area contributed by atoms with Gasteiger partial charge in [0, 0.05) is 32.7 Å². The zero-order valence-electron chi connectivity index (χ0n) is 24.8. The van der Waals surface area contributed by atoms with E-state index in [0.29, 0.717) is 45.0 Å². The molecule has 2 aliphatic heterocycles. The summed E-state index contributed by atoms with van der Waals surface area (Å²) in [5.41, 5.74) is 4.38. The van der Waals surface area contributed by atoms with Crippen molar-refractivity contribution in [2.24, 2.45) is 0 Å². The van der Waals surface area contributed by atoms with Gasteiger partial charge < -0.3 is 9.64 Å². The monoisotopic (exact) mass is 631 g/mol. The molecule has 44 heavy (non-hydrogen) atoms. The Labute approximate surface area is 266 Å². The van der Waals surface area contributed by atoms with E-state index in [1.807, 2.05) is 48.2 Å². The average molecular weight is 632 g/mol. The molecule has 1 fully saturated rings. The summed E-state index contributed by atoms with van der Waals surface area (Å²) in [6.07, 6.45) is 0.349. The summed E-state index contributed by atoms with van der Waals surface area (Å²) >= 11 is 0. The van der Waals surface area contributed by atoms with Crippen LogP contribution in [0, 0.1) is 0 Å². The van der Waals surface area contributed by atoms with Crippen molar-refractivity contribution in [1.82, 2.24) is 14.1 Å². The Morgan fingerprint density at radius 3 is 1.89 bits per heavy atom. The molecule has 0 N–H and O–H groups in total. The fraction of sp³-hybridized carbons (Fsp3) is 0.286. The number of benzene rings is 4. The van der Waals surface area contributed by atoms with Crippen LogP contribution in [0.15, 0.2) is 114 Å². The highest BCUT2D eigenvalue weighted by molar-refractivity contribution is 7.89. The Kier molecular flexibility index (Phi) is 10.1. The Bertz CT molecular complexity index is 1610. The Morgan fingerprint density at radius 2 is 1.32 bits per heavy atom. The van der Waals surface area contributed by atoms with Crippen LogP contribution in [0.25, 0.3) is 0 Å². The molecule has 0 aromatic heterocycles. The van der Waals surface area contributed by atoms with Gasteiger partial charge in [0.05, 0.1) is 17.5 Å². The first-order valence-electron chi connectivity index (χ1n) is 14.9. The quantitative estimate of drug-likeness (QED) is 0.255. The van der Waals surface area contributed by atoms with Crippen LogP contribution in [-0.4, -0.2) is 67.3 Å². The molecule has 0 spiro atoms. The number of amides is 1. The molecule has 7 nitrogen and oxygen atoms in total. The number of fused-ring (bicyclic) bond motifs is 1. The van der Waals surface area contributed by atoms with E-state index in [1.54, 1.807) is 24.3 Å². The van der Waals surface area contributed by atoms with E-state index in [-0.39, 0.29) is 35.8 Å². The summed E-state index contributed by atoms with van der Waals surface area (Å²) in [7, 11) is -3.95. The van der Waals surface area contributed by atoms with E-state index >= 15 is 0 Å². The number of hydrogen-bond acceptors (Lipinski definition) is 5. The van der Waals surface area contributed by atoms with Gasteiger partial charge >= 0.3 is 0 Å². The van der Waals surface area contributed by atoms with Gasteiger partial charge in [0.2, 0.25) is 15.9 Å². The third kappa shape index (κ3) is 6.54. The lowest BCUT2D eigenvalue weighted by molar-refractivity contribution is -0.137. The van der Waals surface area contributed by atoms with E-state index in [1.165, 1.54) is 15.4 Å². The molecule has 9 heteroatoms. The molecule has 0 radical (unpaired) electrons. The molecule has 1 amide bonds. The molecule has 2 heterocycles. The highest BCUT2D eigenvalue weighted by Gasteiger charge is 2.42. The Hall–Kier alpha value is -3.69. The molecule has 1 unspecified atom stereocenters. The second-order valence-electron chi connectivity index (χ2n) is 11.0. The molecule has 0 saturated carbocycles. The summed E-state index contributed by atoms with van der Waals surface area (Å²) in [5.74, 6) is 0.472. The second-order valence-corrected chi connectivity index (χ2v) is 12.9. The normalized spacial score (nSPS) is 17.5. The van der Waals surface area contributed by atoms with Crippen molar-refractivity contribution in [3.05, 3.63) is 131 Å². The van der Waals surface area contributed by atoms with E-state index < -0.39 is 16.1 Å². The van der Waals surface area contributed by atoms with E-state index in [2.05, 4.69) is 53.4 Å². The molecule has 0 aliphatic carbocycles. The molecule has 1 saturated heterocycles. The molecular weight excluding hydrogens is 594 g/mol. The summed E-state index contributed by atoms with van der Waals surface area (Å²) < 4.78 is 35.0. The van der Waals surface area contributed by atoms with Gasteiger partial charge in [-0.3, -0.25) is 9.69 Å². The number of sulfonamides is 1. The summed E-state index contributed by atoms with van der Waals surface area (Å²) in [4.78, 5) is 18.6. The van der Waals surface area contributed by atoms with Gasteiger partial charge in [0.15, 0.2) is 0 Å². The smallest absolute Gasteiger partial charge is 0.244 e. The lowest BCUT2D eigenvalue weighted by Crippen LogP contribution is -2.57. The summed E-state index contributed by atoms with van der Waals surface area (Å²) in [6, 6.07) is 34.4. The molecule has 230 valence electrons. The zero-order chi connectivity index (χ0) is 29.8. The molecule has 6 rings (SSSR count). The molecule has 4 aromatic rings. The van der Waals surface area contributed by atoms with Crippen molar-refractivity contribution in [2.45, 2.75) is 36.9 Å². The van der Waals surface area contributed by atoms with Crippen LogP contribution in [-0.2, 0) is 27.8 Å². The van der Waals surface area contributed by atoms with Gasteiger partial charge in [0.1, 0.15) is 11.8 Å². The molecular formula is C35H38ClN3O4S. The van der Waals surface area contributed by atoms with Crippen molar-refractivity contribution in [2.75, 3.05) is 32.8 Å². The minimum atomic E-state index is -3.95. The van der Waals surface area contributed by atoms with Crippen molar-refractivity contribution in [3.63, 3.8) is 0 Å². The number of rotatable bonds is 8. The molecule has 0 bridgehead atoms. The van der Waals surface area contributed by atoms with Gasteiger partial charge in [0.25, 0.3) is 0 Å². The number of hydrogen-bond donors (Lipinski definition) is 0.